The second-order valence-electron chi connectivity index (χ2n) is 5.87. The van der Waals surface area contributed by atoms with Crippen molar-refractivity contribution < 1.29 is 19.0 Å². The summed E-state index contributed by atoms with van der Waals surface area (Å²) >= 11 is 6.25. The number of aryl methyl sites for hydroxylation is 1. The van der Waals surface area contributed by atoms with Gasteiger partial charge in [-0.3, -0.25) is 0 Å². The molecule has 0 heterocycles. The molecule has 0 N–H and O–H groups in total. The van der Waals surface area contributed by atoms with Gasteiger partial charge >= 0.3 is 6.16 Å². The predicted molar refractivity (Wildman–Crippen MR) is 92.0 cm³/mol. The van der Waals surface area contributed by atoms with Crippen LogP contribution < -0.4 is 9.47 Å². The summed E-state index contributed by atoms with van der Waals surface area (Å²) < 4.78 is 15.7. The topological polar surface area (TPSA) is 44.8 Å². The van der Waals surface area contributed by atoms with Gasteiger partial charge in [0.1, 0.15) is 18.1 Å². The molecule has 0 amide bonds. The van der Waals surface area contributed by atoms with Crippen LogP contribution in [0.25, 0.3) is 0 Å². The Morgan fingerprint density at radius 2 is 1.96 bits per heavy atom. The van der Waals surface area contributed by atoms with Crippen molar-refractivity contribution in [1.29, 1.82) is 0 Å². The molecule has 1 fully saturated rings. The lowest BCUT2D eigenvalue weighted by atomic mass is 10.1. The molecule has 0 atom stereocenters. The Hall–Kier alpha value is -2.20. The van der Waals surface area contributed by atoms with E-state index in [1.807, 2.05) is 25.1 Å². The van der Waals surface area contributed by atoms with Crippen molar-refractivity contribution in [3.63, 3.8) is 0 Å². The maximum Gasteiger partial charge on any atom is 0.513 e. The Morgan fingerprint density at radius 3 is 2.67 bits per heavy atom. The van der Waals surface area contributed by atoms with E-state index in [4.69, 9.17) is 21.1 Å². The molecule has 0 spiro atoms. The molecular formula is C19H19ClO4. The zero-order valence-electron chi connectivity index (χ0n) is 13.7. The van der Waals surface area contributed by atoms with Gasteiger partial charge in [0.05, 0.1) is 7.11 Å². The molecule has 1 aliphatic carbocycles. The SMILES string of the molecule is COC(=O)Oc1ccccc1COc1cc(Cl)c(C)cc1C1CC1. The first-order valence-corrected chi connectivity index (χ1v) is 8.23. The summed E-state index contributed by atoms with van der Waals surface area (Å²) in [4.78, 5) is 11.3. The number of carbonyl (C=O) groups is 1. The lowest BCUT2D eigenvalue weighted by Gasteiger charge is -2.15. The lowest BCUT2D eigenvalue weighted by Crippen LogP contribution is -2.10. The summed E-state index contributed by atoms with van der Waals surface area (Å²) in [6.45, 7) is 2.28. The zero-order chi connectivity index (χ0) is 17.1. The first-order valence-electron chi connectivity index (χ1n) is 7.85. The average Bonchev–Trinajstić information content (AvgIpc) is 3.41. The summed E-state index contributed by atoms with van der Waals surface area (Å²) in [5.41, 5.74) is 3.02. The van der Waals surface area contributed by atoms with Crippen molar-refractivity contribution in [3.8, 4) is 11.5 Å². The van der Waals surface area contributed by atoms with Crippen molar-refractivity contribution in [2.75, 3.05) is 7.11 Å². The molecule has 0 bridgehead atoms. The fraction of sp³-hybridized carbons (Fsp3) is 0.316. The van der Waals surface area contributed by atoms with Gasteiger partial charge in [0, 0.05) is 10.6 Å². The number of halogens is 1. The highest BCUT2D eigenvalue weighted by Crippen LogP contribution is 2.46. The van der Waals surface area contributed by atoms with E-state index < -0.39 is 6.16 Å². The van der Waals surface area contributed by atoms with E-state index in [1.165, 1.54) is 25.5 Å². The smallest absolute Gasteiger partial charge is 0.488 e. The third kappa shape index (κ3) is 3.82. The lowest BCUT2D eigenvalue weighted by molar-refractivity contribution is 0.120. The highest BCUT2D eigenvalue weighted by Gasteiger charge is 2.27. The molecule has 2 aromatic carbocycles. The van der Waals surface area contributed by atoms with E-state index >= 15 is 0 Å². The largest absolute Gasteiger partial charge is 0.513 e. The monoisotopic (exact) mass is 346 g/mol. The summed E-state index contributed by atoms with van der Waals surface area (Å²) in [6, 6.07) is 11.2. The second kappa shape index (κ2) is 7.14. The van der Waals surface area contributed by atoms with Crippen LogP contribution in [-0.2, 0) is 11.3 Å². The Balaban J connectivity index is 1.79. The fourth-order valence-corrected chi connectivity index (χ4v) is 2.69. The highest BCUT2D eigenvalue weighted by atomic mass is 35.5. The first kappa shape index (κ1) is 16.7. The minimum atomic E-state index is -0.750. The maximum absolute atomic E-state index is 11.3. The third-order valence-electron chi connectivity index (χ3n) is 4.02. The van der Waals surface area contributed by atoms with Crippen LogP contribution in [0.4, 0.5) is 4.79 Å². The normalized spacial score (nSPS) is 13.5. The number of benzene rings is 2. The Morgan fingerprint density at radius 1 is 1.21 bits per heavy atom. The molecule has 0 aliphatic heterocycles. The molecule has 126 valence electrons. The average molecular weight is 347 g/mol. The summed E-state index contributed by atoms with van der Waals surface area (Å²) in [6.07, 6.45) is 1.61. The van der Waals surface area contributed by atoms with Crippen LogP contribution in [0, 0.1) is 6.92 Å². The minimum absolute atomic E-state index is 0.284. The number of ether oxygens (including phenoxy) is 3. The standard InChI is InChI=1S/C19H19ClO4/c1-12-9-15(13-7-8-13)18(10-16(12)20)23-11-14-5-3-4-6-17(14)24-19(21)22-2/h3-6,9-10,13H,7-8,11H2,1-2H3. The van der Waals surface area contributed by atoms with Crippen LogP contribution in [0.5, 0.6) is 11.5 Å². The van der Waals surface area contributed by atoms with Crippen LogP contribution >= 0.6 is 11.6 Å². The summed E-state index contributed by atoms with van der Waals surface area (Å²) in [7, 11) is 1.28. The molecule has 1 aliphatic rings. The zero-order valence-corrected chi connectivity index (χ0v) is 14.4. The van der Waals surface area contributed by atoms with E-state index in [-0.39, 0.29) is 6.61 Å². The van der Waals surface area contributed by atoms with E-state index in [0.717, 1.165) is 16.9 Å². The molecule has 2 aromatic rings. The number of para-hydroxylation sites is 1. The van der Waals surface area contributed by atoms with Crippen LogP contribution in [0.15, 0.2) is 36.4 Å². The van der Waals surface area contributed by atoms with Gasteiger partial charge < -0.3 is 14.2 Å². The van der Waals surface area contributed by atoms with Gasteiger partial charge in [-0.15, -0.1) is 0 Å². The number of rotatable bonds is 5. The number of carbonyl (C=O) groups excluding carboxylic acids is 1. The Kier molecular flexibility index (Phi) is 4.95. The van der Waals surface area contributed by atoms with Gasteiger partial charge in [-0.25, -0.2) is 4.79 Å². The molecule has 0 radical (unpaired) electrons. The number of hydrogen-bond donors (Lipinski definition) is 0. The van der Waals surface area contributed by atoms with E-state index in [0.29, 0.717) is 16.7 Å². The quantitative estimate of drug-likeness (QED) is 0.548. The van der Waals surface area contributed by atoms with E-state index in [9.17, 15) is 4.79 Å². The Bertz CT molecular complexity index is 753. The number of hydrogen-bond acceptors (Lipinski definition) is 4. The number of methoxy groups -OCH3 is 1. The molecular weight excluding hydrogens is 328 g/mol. The van der Waals surface area contributed by atoms with Gasteiger partial charge in [-0.05, 0) is 48.9 Å². The molecule has 0 unspecified atom stereocenters. The molecule has 5 heteroatoms. The van der Waals surface area contributed by atoms with Crippen molar-refractivity contribution in [2.24, 2.45) is 0 Å². The molecule has 4 nitrogen and oxygen atoms in total. The first-order chi connectivity index (χ1) is 11.6. The van der Waals surface area contributed by atoms with Gasteiger partial charge in [0.25, 0.3) is 0 Å². The van der Waals surface area contributed by atoms with Crippen molar-refractivity contribution >= 4 is 17.8 Å². The highest BCUT2D eigenvalue weighted by molar-refractivity contribution is 6.31. The van der Waals surface area contributed by atoms with Gasteiger partial charge in [-0.1, -0.05) is 35.9 Å². The third-order valence-corrected chi connectivity index (χ3v) is 4.43. The molecule has 3 rings (SSSR count). The van der Waals surface area contributed by atoms with Gasteiger partial charge in [-0.2, -0.15) is 0 Å². The van der Waals surface area contributed by atoms with Gasteiger partial charge in [0.15, 0.2) is 0 Å². The van der Waals surface area contributed by atoms with Crippen LogP contribution in [-0.4, -0.2) is 13.3 Å². The van der Waals surface area contributed by atoms with Crippen LogP contribution in [0.1, 0.15) is 35.4 Å². The minimum Gasteiger partial charge on any atom is -0.488 e. The van der Waals surface area contributed by atoms with Crippen molar-refractivity contribution in [2.45, 2.75) is 32.3 Å². The predicted octanol–water partition coefficient (Wildman–Crippen LogP) is 5.25. The molecule has 24 heavy (non-hydrogen) atoms. The Labute approximate surface area is 146 Å². The van der Waals surface area contributed by atoms with Crippen molar-refractivity contribution in [3.05, 3.63) is 58.1 Å². The molecule has 1 saturated carbocycles. The van der Waals surface area contributed by atoms with Gasteiger partial charge in [0.2, 0.25) is 0 Å². The molecule has 0 aromatic heterocycles. The van der Waals surface area contributed by atoms with Crippen molar-refractivity contribution in [1.82, 2.24) is 0 Å². The molecule has 0 saturated heterocycles. The fourth-order valence-electron chi connectivity index (χ4n) is 2.53. The summed E-state index contributed by atoms with van der Waals surface area (Å²) in [5, 5.41) is 0.688. The summed E-state index contributed by atoms with van der Waals surface area (Å²) in [5.74, 6) is 1.77. The van der Waals surface area contributed by atoms with E-state index in [2.05, 4.69) is 10.8 Å². The van der Waals surface area contributed by atoms with E-state index in [1.54, 1.807) is 12.1 Å². The maximum atomic E-state index is 11.3. The van der Waals surface area contributed by atoms with Crippen LogP contribution in [0.2, 0.25) is 5.02 Å². The second-order valence-corrected chi connectivity index (χ2v) is 6.27. The van der Waals surface area contributed by atoms with Crippen LogP contribution in [0.3, 0.4) is 0 Å².